The minimum absolute atomic E-state index is 0.0731. The van der Waals surface area contributed by atoms with E-state index in [4.69, 9.17) is 5.11 Å². The number of aliphatic hydroxyl groups is 1. The van der Waals surface area contributed by atoms with Gasteiger partial charge >= 0.3 is 0 Å². The first-order chi connectivity index (χ1) is 8.72. The molecule has 0 saturated carbocycles. The van der Waals surface area contributed by atoms with Gasteiger partial charge in [-0.3, -0.25) is 4.79 Å². The monoisotopic (exact) mass is 243 g/mol. The highest BCUT2D eigenvalue weighted by molar-refractivity contribution is 6.06. The number of benzene rings is 2. The SMILES string of the molecule is CC(CO)CNC(=O)c1cccc2ccccc12. The molecule has 2 N–H and O–H groups in total. The van der Waals surface area contributed by atoms with Crippen molar-refractivity contribution in [1.82, 2.24) is 5.32 Å². The molecule has 1 atom stereocenters. The van der Waals surface area contributed by atoms with Crippen LogP contribution in [0, 0.1) is 5.92 Å². The van der Waals surface area contributed by atoms with Gasteiger partial charge in [-0.25, -0.2) is 0 Å². The van der Waals surface area contributed by atoms with Crippen LogP contribution in [0.15, 0.2) is 42.5 Å². The fourth-order valence-electron chi connectivity index (χ4n) is 1.85. The fourth-order valence-corrected chi connectivity index (χ4v) is 1.85. The molecule has 18 heavy (non-hydrogen) atoms. The van der Waals surface area contributed by atoms with Crippen LogP contribution in [0.1, 0.15) is 17.3 Å². The number of rotatable bonds is 4. The van der Waals surface area contributed by atoms with E-state index in [0.29, 0.717) is 12.1 Å². The van der Waals surface area contributed by atoms with Gasteiger partial charge < -0.3 is 10.4 Å². The third-order valence-corrected chi connectivity index (χ3v) is 2.96. The second-order valence-corrected chi connectivity index (χ2v) is 4.52. The van der Waals surface area contributed by atoms with E-state index >= 15 is 0 Å². The zero-order valence-electron chi connectivity index (χ0n) is 10.4. The Morgan fingerprint density at radius 1 is 1.22 bits per heavy atom. The lowest BCUT2D eigenvalue weighted by atomic mass is 10.0. The number of nitrogens with one attached hydrogen (secondary N) is 1. The van der Waals surface area contributed by atoms with E-state index in [0.717, 1.165) is 10.8 Å². The van der Waals surface area contributed by atoms with E-state index in [1.165, 1.54) is 0 Å². The standard InChI is InChI=1S/C15H17NO2/c1-11(10-17)9-16-15(18)14-8-4-6-12-5-2-3-7-13(12)14/h2-8,11,17H,9-10H2,1H3,(H,16,18). The largest absolute Gasteiger partial charge is 0.396 e. The Hall–Kier alpha value is -1.87. The molecule has 0 spiro atoms. The molecule has 1 amide bonds. The third kappa shape index (κ3) is 2.68. The maximum Gasteiger partial charge on any atom is 0.251 e. The van der Waals surface area contributed by atoms with Crippen LogP contribution in [0.5, 0.6) is 0 Å². The Morgan fingerprint density at radius 2 is 1.94 bits per heavy atom. The molecule has 2 aromatic rings. The smallest absolute Gasteiger partial charge is 0.251 e. The molecule has 0 heterocycles. The molecule has 94 valence electrons. The van der Waals surface area contributed by atoms with Gasteiger partial charge in [0.15, 0.2) is 0 Å². The molecule has 0 fully saturated rings. The summed E-state index contributed by atoms with van der Waals surface area (Å²) in [5.74, 6) is -0.0176. The number of fused-ring (bicyclic) bond motifs is 1. The lowest BCUT2D eigenvalue weighted by molar-refractivity contribution is 0.0944. The zero-order chi connectivity index (χ0) is 13.0. The summed E-state index contributed by atoms with van der Waals surface area (Å²) in [5, 5.41) is 13.8. The predicted octanol–water partition coefficient (Wildman–Crippen LogP) is 2.20. The molecule has 0 bridgehead atoms. The normalized spacial score (nSPS) is 12.3. The Labute approximate surface area is 106 Å². The van der Waals surface area contributed by atoms with Gasteiger partial charge in [0.05, 0.1) is 0 Å². The number of carbonyl (C=O) groups is 1. The van der Waals surface area contributed by atoms with Crippen LogP contribution in [0.2, 0.25) is 0 Å². The van der Waals surface area contributed by atoms with Gasteiger partial charge in [0, 0.05) is 18.7 Å². The van der Waals surface area contributed by atoms with Gasteiger partial charge in [-0.15, -0.1) is 0 Å². The minimum Gasteiger partial charge on any atom is -0.396 e. The van der Waals surface area contributed by atoms with Gasteiger partial charge in [0.1, 0.15) is 0 Å². The topological polar surface area (TPSA) is 49.3 Å². The quantitative estimate of drug-likeness (QED) is 0.865. The maximum atomic E-state index is 12.1. The van der Waals surface area contributed by atoms with Crippen LogP contribution in [0.3, 0.4) is 0 Å². The Bertz CT molecular complexity index is 546. The van der Waals surface area contributed by atoms with Crippen LogP contribution >= 0.6 is 0 Å². The molecule has 3 heteroatoms. The molecule has 0 aliphatic heterocycles. The average Bonchev–Trinajstić information content (AvgIpc) is 2.43. The number of carbonyl (C=O) groups excluding carboxylic acids is 1. The second-order valence-electron chi connectivity index (χ2n) is 4.52. The molecule has 3 nitrogen and oxygen atoms in total. The first-order valence-corrected chi connectivity index (χ1v) is 6.09. The van der Waals surface area contributed by atoms with Crippen LogP contribution in [0.4, 0.5) is 0 Å². The maximum absolute atomic E-state index is 12.1. The van der Waals surface area contributed by atoms with Crippen LogP contribution in [-0.4, -0.2) is 24.2 Å². The Morgan fingerprint density at radius 3 is 2.72 bits per heavy atom. The van der Waals surface area contributed by atoms with Crippen LogP contribution in [-0.2, 0) is 0 Å². The zero-order valence-corrected chi connectivity index (χ0v) is 10.4. The van der Waals surface area contributed by atoms with Gasteiger partial charge in [0.25, 0.3) is 5.91 Å². The first-order valence-electron chi connectivity index (χ1n) is 6.09. The molecule has 2 aromatic carbocycles. The summed E-state index contributed by atoms with van der Waals surface area (Å²) >= 11 is 0. The lowest BCUT2D eigenvalue weighted by Crippen LogP contribution is -2.29. The first kappa shape index (κ1) is 12.6. The highest BCUT2D eigenvalue weighted by atomic mass is 16.3. The molecule has 0 aliphatic rings. The second kappa shape index (κ2) is 5.65. The molecule has 1 unspecified atom stereocenters. The fraction of sp³-hybridized carbons (Fsp3) is 0.267. The molecular formula is C15H17NO2. The van der Waals surface area contributed by atoms with Crippen molar-refractivity contribution < 1.29 is 9.90 Å². The van der Waals surface area contributed by atoms with Gasteiger partial charge in [-0.2, -0.15) is 0 Å². The lowest BCUT2D eigenvalue weighted by Gasteiger charge is -2.11. The van der Waals surface area contributed by atoms with E-state index in [9.17, 15) is 4.79 Å². The predicted molar refractivity (Wildman–Crippen MR) is 72.5 cm³/mol. The molecule has 2 rings (SSSR count). The number of aliphatic hydroxyl groups excluding tert-OH is 1. The van der Waals surface area contributed by atoms with Crippen molar-refractivity contribution in [3.05, 3.63) is 48.0 Å². The highest BCUT2D eigenvalue weighted by Gasteiger charge is 2.10. The van der Waals surface area contributed by atoms with E-state index < -0.39 is 0 Å². The van der Waals surface area contributed by atoms with Gasteiger partial charge in [-0.05, 0) is 22.8 Å². The van der Waals surface area contributed by atoms with Crippen molar-refractivity contribution in [2.75, 3.05) is 13.2 Å². The summed E-state index contributed by atoms with van der Waals surface area (Å²) in [6.45, 7) is 2.46. The van der Waals surface area contributed by atoms with Crippen molar-refractivity contribution in [3.63, 3.8) is 0 Å². The Balaban J connectivity index is 2.22. The molecule has 0 aromatic heterocycles. The highest BCUT2D eigenvalue weighted by Crippen LogP contribution is 2.18. The summed E-state index contributed by atoms with van der Waals surface area (Å²) < 4.78 is 0. The third-order valence-electron chi connectivity index (χ3n) is 2.96. The van der Waals surface area contributed by atoms with Gasteiger partial charge in [0.2, 0.25) is 0 Å². The summed E-state index contributed by atoms with van der Waals surface area (Å²) in [6.07, 6.45) is 0. The minimum atomic E-state index is -0.0906. The number of hydrogen-bond acceptors (Lipinski definition) is 2. The van der Waals surface area contributed by atoms with E-state index in [1.807, 2.05) is 49.4 Å². The molecule has 0 aliphatic carbocycles. The average molecular weight is 243 g/mol. The summed E-state index contributed by atoms with van der Waals surface area (Å²) in [7, 11) is 0. The molecule has 0 radical (unpaired) electrons. The van der Waals surface area contributed by atoms with Crippen LogP contribution < -0.4 is 5.32 Å². The molecular weight excluding hydrogens is 226 g/mol. The van der Waals surface area contributed by atoms with E-state index in [2.05, 4.69) is 5.32 Å². The summed E-state index contributed by atoms with van der Waals surface area (Å²) in [5.41, 5.74) is 0.679. The summed E-state index contributed by atoms with van der Waals surface area (Å²) in [6, 6.07) is 13.5. The molecule has 0 saturated heterocycles. The summed E-state index contributed by atoms with van der Waals surface area (Å²) in [4.78, 5) is 12.1. The van der Waals surface area contributed by atoms with Crippen molar-refractivity contribution in [2.45, 2.75) is 6.92 Å². The van der Waals surface area contributed by atoms with Gasteiger partial charge in [-0.1, -0.05) is 43.3 Å². The van der Waals surface area contributed by atoms with Crippen molar-refractivity contribution in [3.8, 4) is 0 Å². The van der Waals surface area contributed by atoms with E-state index in [1.54, 1.807) is 0 Å². The van der Waals surface area contributed by atoms with Crippen molar-refractivity contribution in [2.24, 2.45) is 5.92 Å². The van der Waals surface area contributed by atoms with E-state index in [-0.39, 0.29) is 18.4 Å². The number of hydrogen-bond donors (Lipinski definition) is 2. The van der Waals surface area contributed by atoms with Crippen LogP contribution in [0.25, 0.3) is 10.8 Å². The van der Waals surface area contributed by atoms with Crippen molar-refractivity contribution in [1.29, 1.82) is 0 Å². The number of amides is 1. The Kier molecular flexibility index (Phi) is 3.95. The van der Waals surface area contributed by atoms with Crippen molar-refractivity contribution >= 4 is 16.7 Å².